The number of carboxylic acids is 1. The van der Waals surface area contributed by atoms with Crippen molar-refractivity contribution < 1.29 is 34.2 Å². The molecule has 196 valence electrons. The molecule has 4 unspecified atom stereocenters. The predicted octanol–water partition coefficient (Wildman–Crippen LogP) is -3.79. The number of aromatic amines is 1. The van der Waals surface area contributed by atoms with Crippen molar-refractivity contribution in [2.45, 2.75) is 62.7 Å². The van der Waals surface area contributed by atoms with Gasteiger partial charge in [-0.3, -0.25) is 19.2 Å². The number of hydrogen-bond acceptors (Lipinski definition) is 9. The number of aliphatic hydroxyl groups excluding tert-OH is 1. The van der Waals surface area contributed by atoms with Crippen molar-refractivity contribution in [2.75, 3.05) is 13.2 Å². The van der Waals surface area contributed by atoms with Gasteiger partial charge in [-0.25, -0.2) is 9.78 Å². The molecular weight excluding hydrogens is 464 g/mol. The number of H-pyrrole nitrogens is 1. The molecule has 1 aromatic rings. The minimum absolute atomic E-state index is 0.109. The van der Waals surface area contributed by atoms with E-state index in [0.717, 1.165) is 0 Å². The van der Waals surface area contributed by atoms with Crippen molar-refractivity contribution >= 4 is 29.6 Å². The van der Waals surface area contributed by atoms with Gasteiger partial charge in [0.1, 0.15) is 18.1 Å². The maximum absolute atomic E-state index is 13.0. The van der Waals surface area contributed by atoms with Crippen LogP contribution in [0.5, 0.6) is 0 Å². The van der Waals surface area contributed by atoms with Gasteiger partial charge in [0.25, 0.3) is 0 Å². The van der Waals surface area contributed by atoms with Crippen molar-refractivity contribution in [3.8, 4) is 0 Å². The second-order valence-corrected chi connectivity index (χ2v) is 7.88. The summed E-state index contributed by atoms with van der Waals surface area (Å²) in [7, 11) is 0. The number of carboxylic acid groups (broad SMARTS) is 1. The molecule has 0 fully saturated rings. The van der Waals surface area contributed by atoms with Crippen LogP contribution in [-0.4, -0.2) is 87.1 Å². The number of amides is 4. The Balaban J connectivity index is 2.94. The third-order valence-corrected chi connectivity index (χ3v) is 5.02. The lowest BCUT2D eigenvalue weighted by Gasteiger charge is -2.25. The van der Waals surface area contributed by atoms with Crippen molar-refractivity contribution in [3.63, 3.8) is 0 Å². The molecule has 0 spiro atoms. The van der Waals surface area contributed by atoms with Crippen LogP contribution in [-0.2, 0) is 30.4 Å². The summed E-state index contributed by atoms with van der Waals surface area (Å²) in [6.07, 6.45) is 3.71. The Bertz CT molecular complexity index is 849. The Morgan fingerprint density at radius 2 is 1.57 bits per heavy atom. The molecule has 1 rings (SSSR count). The van der Waals surface area contributed by atoms with E-state index < -0.39 is 60.4 Å². The molecule has 15 heteroatoms. The molecule has 15 nitrogen and oxygen atoms in total. The summed E-state index contributed by atoms with van der Waals surface area (Å²) in [5.41, 5.74) is 17.2. The highest BCUT2D eigenvalue weighted by molar-refractivity contribution is 5.94. The molecule has 12 N–H and O–H groups in total. The summed E-state index contributed by atoms with van der Waals surface area (Å²) in [4.78, 5) is 67.2. The van der Waals surface area contributed by atoms with Crippen LogP contribution in [0.4, 0.5) is 0 Å². The van der Waals surface area contributed by atoms with E-state index in [1.54, 1.807) is 0 Å². The second-order valence-electron chi connectivity index (χ2n) is 7.88. The number of carbonyl (C=O) groups is 5. The lowest BCUT2D eigenvalue weighted by Crippen LogP contribution is -2.57. The van der Waals surface area contributed by atoms with Gasteiger partial charge in [0.15, 0.2) is 0 Å². The number of unbranched alkanes of at least 4 members (excludes halogenated alkanes) is 1. The highest BCUT2D eigenvalue weighted by Gasteiger charge is 2.30. The zero-order valence-electron chi connectivity index (χ0n) is 19.2. The number of imidazole rings is 1. The molecular formula is C20H34N8O7. The number of primary amides is 1. The molecule has 1 aromatic heterocycles. The topological polar surface area (TPSA) is 269 Å². The molecule has 0 aromatic carbocycles. The molecule has 0 aliphatic carbocycles. The Labute approximate surface area is 201 Å². The monoisotopic (exact) mass is 498 g/mol. The zero-order chi connectivity index (χ0) is 26.4. The van der Waals surface area contributed by atoms with Crippen molar-refractivity contribution in [1.82, 2.24) is 25.9 Å². The maximum atomic E-state index is 13.0. The number of aromatic nitrogens is 2. The van der Waals surface area contributed by atoms with Gasteiger partial charge in [0.05, 0.1) is 19.0 Å². The molecule has 0 saturated carbocycles. The first-order chi connectivity index (χ1) is 16.6. The molecule has 0 aliphatic rings. The van der Waals surface area contributed by atoms with Gasteiger partial charge in [-0.05, 0) is 32.2 Å². The molecule has 35 heavy (non-hydrogen) atoms. The minimum Gasteiger partial charge on any atom is -0.480 e. The van der Waals surface area contributed by atoms with Crippen LogP contribution < -0.4 is 33.2 Å². The number of aliphatic carboxylic acids is 1. The van der Waals surface area contributed by atoms with Gasteiger partial charge >= 0.3 is 5.97 Å². The number of aliphatic hydroxyl groups is 1. The third-order valence-electron chi connectivity index (χ3n) is 5.02. The van der Waals surface area contributed by atoms with Gasteiger partial charge in [-0.1, -0.05) is 0 Å². The van der Waals surface area contributed by atoms with Gasteiger partial charge in [-0.15, -0.1) is 0 Å². The van der Waals surface area contributed by atoms with Crippen LogP contribution in [0.3, 0.4) is 0 Å². The molecule has 0 aliphatic heterocycles. The number of hydrogen-bond donors (Lipinski definition) is 9. The van der Waals surface area contributed by atoms with Crippen LogP contribution in [0.1, 0.15) is 37.8 Å². The number of carbonyl (C=O) groups excluding carboxylic acids is 4. The molecule has 0 radical (unpaired) electrons. The lowest BCUT2D eigenvalue weighted by molar-refractivity contribution is -0.143. The standard InChI is InChI=1S/C20H34N8O7/c21-6-2-1-3-13(18(32)28-15(9-29)20(34)35)27-19(33)14(4-5-16(23)30)26-17(31)12(22)7-11-8-24-10-25-11/h8,10,12-15,29H,1-7,9,21-22H2,(H2,23,30)(H,24,25)(H,26,31)(H,27,33)(H,28,32)(H,34,35). The fraction of sp³-hybridized carbons (Fsp3) is 0.600. The lowest BCUT2D eigenvalue weighted by atomic mass is 10.0. The average molecular weight is 499 g/mol. The van der Waals surface area contributed by atoms with Gasteiger partial charge in [0, 0.05) is 24.7 Å². The summed E-state index contributed by atoms with van der Waals surface area (Å²) in [5.74, 6) is -4.47. The summed E-state index contributed by atoms with van der Waals surface area (Å²) in [6, 6.07) is -5.04. The predicted molar refractivity (Wildman–Crippen MR) is 122 cm³/mol. The fourth-order valence-electron chi connectivity index (χ4n) is 3.05. The first-order valence-corrected chi connectivity index (χ1v) is 11.0. The SMILES string of the molecule is NCCCCC(NC(=O)C(CCC(N)=O)NC(=O)C(N)Cc1cnc[nH]1)C(=O)NC(CO)C(=O)O. The average Bonchev–Trinajstić information content (AvgIpc) is 3.31. The van der Waals surface area contributed by atoms with Gasteiger partial charge in [0.2, 0.25) is 23.6 Å². The Hall–Kier alpha value is -3.56. The smallest absolute Gasteiger partial charge is 0.328 e. The third kappa shape index (κ3) is 10.9. The zero-order valence-corrected chi connectivity index (χ0v) is 19.2. The highest BCUT2D eigenvalue weighted by Crippen LogP contribution is 2.06. The van der Waals surface area contributed by atoms with Crippen LogP contribution in [0.2, 0.25) is 0 Å². The Kier molecular flexibility index (Phi) is 12.9. The second kappa shape index (κ2) is 15.4. The summed E-state index contributed by atoms with van der Waals surface area (Å²) >= 11 is 0. The largest absolute Gasteiger partial charge is 0.480 e. The van der Waals surface area contributed by atoms with Crippen molar-refractivity contribution in [1.29, 1.82) is 0 Å². The summed E-state index contributed by atoms with van der Waals surface area (Å²) < 4.78 is 0. The summed E-state index contributed by atoms with van der Waals surface area (Å²) in [5, 5.41) is 25.3. The normalized spacial score (nSPS) is 14.3. The van der Waals surface area contributed by atoms with E-state index in [-0.39, 0.29) is 25.7 Å². The van der Waals surface area contributed by atoms with Gasteiger partial charge in [-0.2, -0.15) is 0 Å². The van der Waals surface area contributed by atoms with E-state index in [2.05, 4.69) is 25.9 Å². The highest BCUT2D eigenvalue weighted by atomic mass is 16.4. The Morgan fingerprint density at radius 1 is 0.971 bits per heavy atom. The summed E-state index contributed by atoms with van der Waals surface area (Å²) in [6.45, 7) is -0.516. The van der Waals surface area contributed by atoms with E-state index in [9.17, 15) is 24.0 Å². The molecule has 0 saturated heterocycles. The fourth-order valence-corrected chi connectivity index (χ4v) is 3.05. The van der Waals surface area contributed by atoms with E-state index in [1.807, 2.05) is 0 Å². The van der Waals surface area contributed by atoms with Crippen molar-refractivity contribution in [3.05, 3.63) is 18.2 Å². The maximum Gasteiger partial charge on any atom is 0.328 e. The number of nitrogens with one attached hydrogen (secondary N) is 4. The van der Waals surface area contributed by atoms with E-state index in [1.165, 1.54) is 12.5 Å². The van der Waals surface area contributed by atoms with Crippen LogP contribution in [0.25, 0.3) is 0 Å². The van der Waals surface area contributed by atoms with Crippen LogP contribution >= 0.6 is 0 Å². The first kappa shape index (κ1) is 29.5. The first-order valence-electron chi connectivity index (χ1n) is 11.0. The van der Waals surface area contributed by atoms with Gasteiger partial charge < -0.3 is 48.3 Å². The van der Waals surface area contributed by atoms with E-state index in [0.29, 0.717) is 25.1 Å². The van der Waals surface area contributed by atoms with E-state index >= 15 is 0 Å². The molecule has 4 atom stereocenters. The number of nitrogens with zero attached hydrogens (tertiary/aromatic N) is 1. The number of nitrogens with two attached hydrogens (primary N) is 3. The van der Waals surface area contributed by atoms with Crippen LogP contribution in [0, 0.1) is 0 Å². The van der Waals surface area contributed by atoms with E-state index in [4.69, 9.17) is 27.4 Å². The Morgan fingerprint density at radius 3 is 2.09 bits per heavy atom. The van der Waals surface area contributed by atoms with Crippen LogP contribution in [0.15, 0.2) is 12.5 Å². The number of rotatable bonds is 17. The van der Waals surface area contributed by atoms with Crippen molar-refractivity contribution in [2.24, 2.45) is 17.2 Å². The molecule has 0 bridgehead atoms. The molecule has 4 amide bonds. The minimum atomic E-state index is -1.57. The quantitative estimate of drug-likeness (QED) is 0.0945. The molecule has 1 heterocycles.